The van der Waals surface area contributed by atoms with Crippen LogP contribution in [0.4, 0.5) is 0 Å². The predicted molar refractivity (Wildman–Crippen MR) is 56.6 cm³/mol. The van der Waals surface area contributed by atoms with Gasteiger partial charge in [-0.15, -0.1) is 0 Å². The van der Waals surface area contributed by atoms with Gasteiger partial charge in [-0.3, -0.25) is 4.79 Å². The second kappa shape index (κ2) is 5.09. The van der Waals surface area contributed by atoms with Crippen LogP contribution >= 0.6 is 15.9 Å². The van der Waals surface area contributed by atoms with Crippen molar-refractivity contribution in [1.29, 1.82) is 0 Å². The summed E-state index contributed by atoms with van der Waals surface area (Å²) in [6.45, 7) is 1.56. The molecule has 0 amide bonds. The van der Waals surface area contributed by atoms with Crippen LogP contribution in [0.15, 0.2) is 15.3 Å². The molecule has 0 atom stereocenters. The number of carbonyl (C=O) groups is 1. The number of aliphatic hydroxyl groups excluding tert-OH is 1. The number of aromatic nitrogens is 1. The van der Waals surface area contributed by atoms with Crippen molar-refractivity contribution in [3.63, 3.8) is 0 Å². The summed E-state index contributed by atoms with van der Waals surface area (Å²) in [4.78, 5) is 25.1. The normalized spacial score (nSPS) is 10.1. The van der Waals surface area contributed by atoms with Crippen molar-refractivity contribution in [2.45, 2.75) is 13.5 Å². The molecule has 0 saturated heterocycles. The lowest BCUT2D eigenvalue weighted by atomic mass is 10.2. The van der Waals surface area contributed by atoms with E-state index < -0.39 is 11.5 Å². The molecule has 0 fully saturated rings. The Morgan fingerprint density at radius 2 is 2.33 bits per heavy atom. The average molecular weight is 276 g/mol. The Kier molecular flexibility index (Phi) is 4.05. The smallest absolute Gasteiger partial charge is 0.343 e. The first kappa shape index (κ1) is 11.9. The van der Waals surface area contributed by atoms with Gasteiger partial charge in [0.2, 0.25) is 0 Å². The van der Waals surface area contributed by atoms with Gasteiger partial charge in [0.1, 0.15) is 5.56 Å². The Labute approximate surface area is 94.2 Å². The molecule has 0 aliphatic carbocycles. The number of ether oxygens (including phenoxy) is 1. The minimum Gasteiger partial charge on any atom is -0.462 e. The number of halogens is 1. The van der Waals surface area contributed by atoms with Crippen LogP contribution in [0.25, 0.3) is 0 Å². The first-order chi connectivity index (χ1) is 7.10. The molecular formula is C9H10BrNO4. The molecule has 82 valence electrons. The first-order valence-corrected chi connectivity index (χ1v) is 5.09. The molecule has 1 aromatic rings. The lowest BCUT2D eigenvalue weighted by molar-refractivity contribution is 0.0524. The number of carbonyl (C=O) groups excluding carboxylic acids is 1. The first-order valence-electron chi connectivity index (χ1n) is 4.29. The largest absolute Gasteiger partial charge is 0.462 e. The van der Waals surface area contributed by atoms with Gasteiger partial charge in [-0.1, -0.05) is 0 Å². The van der Waals surface area contributed by atoms with Crippen LogP contribution < -0.4 is 5.56 Å². The number of aromatic amines is 1. The molecule has 0 saturated carbocycles. The lowest BCUT2D eigenvalue weighted by Gasteiger charge is -2.04. The Hall–Kier alpha value is -1.14. The minimum absolute atomic E-state index is 0.0825. The highest BCUT2D eigenvalue weighted by Crippen LogP contribution is 2.14. The maximum Gasteiger partial charge on any atom is 0.343 e. The van der Waals surface area contributed by atoms with Gasteiger partial charge >= 0.3 is 5.97 Å². The summed E-state index contributed by atoms with van der Waals surface area (Å²) in [5.74, 6) is -0.677. The van der Waals surface area contributed by atoms with Crippen molar-refractivity contribution in [3.8, 4) is 0 Å². The van der Waals surface area contributed by atoms with E-state index in [2.05, 4.69) is 20.9 Å². The third-order valence-electron chi connectivity index (χ3n) is 1.72. The molecule has 0 aliphatic heterocycles. The number of pyridine rings is 1. The van der Waals surface area contributed by atoms with Crippen LogP contribution in [0.1, 0.15) is 23.0 Å². The number of hydrogen-bond acceptors (Lipinski definition) is 4. The molecule has 2 N–H and O–H groups in total. The highest BCUT2D eigenvalue weighted by Gasteiger charge is 2.14. The van der Waals surface area contributed by atoms with E-state index in [9.17, 15) is 9.59 Å². The van der Waals surface area contributed by atoms with E-state index in [-0.39, 0.29) is 18.8 Å². The van der Waals surface area contributed by atoms with Crippen LogP contribution in [0.2, 0.25) is 0 Å². The standard InChI is InChI=1S/C9H10BrNO4/c1-2-15-9(14)5-3-6(10)7(4-12)11-8(5)13/h3,12H,2,4H2,1H3,(H,11,13). The van der Waals surface area contributed by atoms with Crippen LogP contribution in [0.3, 0.4) is 0 Å². The summed E-state index contributed by atoms with van der Waals surface area (Å²) in [5, 5.41) is 8.86. The zero-order valence-electron chi connectivity index (χ0n) is 8.04. The van der Waals surface area contributed by atoms with Crippen molar-refractivity contribution >= 4 is 21.9 Å². The lowest BCUT2D eigenvalue weighted by Crippen LogP contribution is -2.21. The van der Waals surface area contributed by atoms with E-state index in [0.29, 0.717) is 10.2 Å². The summed E-state index contributed by atoms with van der Waals surface area (Å²) < 4.78 is 5.16. The summed E-state index contributed by atoms with van der Waals surface area (Å²) >= 11 is 3.12. The van der Waals surface area contributed by atoms with E-state index in [1.807, 2.05) is 0 Å². The highest BCUT2D eigenvalue weighted by molar-refractivity contribution is 9.10. The molecular weight excluding hydrogens is 266 g/mol. The van der Waals surface area contributed by atoms with Gasteiger partial charge in [0.25, 0.3) is 5.56 Å². The average Bonchev–Trinajstić information content (AvgIpc) is 2.21. The van der Waals surface area contributed by atoms with Crippen molar-refractivity contribution in [2.75, 3.05) is 6.61 Å². The molecule has 0 aliphatic rings. The third-order valence-corrected chi connectivity index (χ3v) is 2.43. The van der Waals surface area contributed by atoms with Gasteiger partial charge in [0.15, 0.2) is 0 Å². The quantitative estimate of drug-likeness (QED) is 0.800. The highest BCUT2D eigenvalue weighted by atomic mass is 79.9. The Morgan fingerprint density at radius 3 is 2.87 bits per heavy atom. The molecule has 1 rings (SSSR count). The number of H-pyrrole nitrogens is 1. The fraction of sp³-hybridized carbons (Fsp3) is 0.333. The van der Waals surface area contributed by atoms with Crippen LogP contribution in [-0.2, 0) is 11.3 Å². The summed E-state index contributed by atoms with van der Waals surface area (Å²) in [7, 11) is 0. The molecule has 0 radical (unpaired) electrons. The molecule has 5 nitrogen and oxygen atoms in total. The molecule has 1 heterocycles. The minimum atomic E-state index is -0.677. The van der Waals surface area contributed by atoms with E-state index in [4.69, 9.17) is 9.84 Å². The van der Waals surface area contributed by atoms with Crippen LogP contribution in [0, 0.1) is 0 Å². The SMILES string of the molecule is CCOC(=O)c1cc(Br)c(CO)[nH]c1=O. The summed E-state index contributed by atoms with van der Waals surface area (Å²) in [6.07, 6.45) is 0. The van der Waals surface area contributed by atoms with Gasteiger partial charge in [0.05, 0.1) is 18.9 Å². The van der Waals surface area contributed by atoms with Gasteiger partial charge in [-0.25, -0.2) is 4.79 Å². The Balaban J connectivity index is 3.16. The van der Waals surface area contributed by atoms with Gasteiger partial charge in [-0.2, -0.15) is 0 Å². The van der Waals surface area contributed by atoms with Crippen molar-refractivity contribution in [3.05, 3.63) is 32.2 Å². The third kappa shape index (κ3) is 2.66. The maximum absolute atomic E-state index is 11.4. The topological polar surface area (TPSA) is 79.4 Å². The molecule has 0 bridgehead atoms. The fourth-order valence-electron chi connectivity index (χ4n) is 1.02. The second-order valence-electron chi connectivity index (χ2n) is 2.72. The van der Waals surface area contributed by atoms with E-state index in [1.165, 1.54) is 6.07 Å². The van der Waals surface area contributed by atoms with Crippen LogP contribution in [-0.4, -0.2) is 22.7 Å². The van der Waals surface area contributed by atoms with Crippen molar-refractivity contribution in [2.24, 2.45) is 0 Å². The van der Waals surface area contributed by atoms with E-state index >= 15 is 0 Å². The van der Waals surface area contributed by atoms with Crippen molar-refractivity contribution < 1.29 is 14.6 Å². The van der Waals surface area contributed by atoms with Gasteiger partial charge in [-0.05, 0) is 28.9 Å². The summed E-state index contributed by atoms with van der Waals surface area (Å²) in [5.41, 5.74) is -0.324. The number of aliphatic hydroxyl groups is 1. The van der Waals surface area contributed by atoms with E-state index in [1.54, 1.807) is 6.92 Å². The number of esters is 1. The number of hydrogen-bond donors (Lipinski definition) is 2. The Bertz CT molecular complexity index is 427. The predicted octanol–water partition coefficient (Wildman–Crippen LogP) is 0.806. The maximum atomic E-state index is 11.4. The van der Waals surface area contributed by atoms with E-state index in [0.717, 1.165) is 0 Å². The zero-order valence-corrected chi connectivity index (χ0v) is 9.63. The molecule has 1 aromatic heterocycles. The number of nitrogens with one attached hydrogen (secondary N) is 1. The fourth-order valence-corrected chi connectivity index (χ4v) is 1.47. The van der Waals surface area contributed by atoms with Gasteiger partial charge in [0, 0.05) is 4.47 Å². The molecule has 0 unspecified atom stereocenters. The molecule has 0 spiro atoms. The summed E-state index contributed by atoms with van der Waals surface area (Å²) in [6, 6.07) is 1.34. The molecule has 6 heteroatoms. The second-order valence-corrected chi connectivity index (χ2v) is 3.57. The molecule has 15 heavy (non-hydrogen) atoms. The monoisotopic (exact) mass is 275 g/mol. The Morgan fingerprint density at radius 1 is 1.67 bits per heavy atom. The van der Waals surface area contributed by atoms with Crippen molar-refractivity contribution in [1.82, 2.24) is 4.98 Å². The zero-order chi connectivity index (χ0) is 11.4. The van der Waals surface area contributed by atoms with Gasteiger partial charge < -0.3 is 14.8 Å². The van der Waals surface area contributed by atoms with Crippen LogP contribution in [0.5, 0.6) is 0 Å². The number of rotatable bonds is 3. The molecule has 0 aromatic carbocycles.